The monoisotopic (exact) mass is 631 g/mol. The van der Waals surface area contributed by atoms with Crippen LogP contribution in [0.3, 0.4) is 0 Å². The van der Waals surface area contributed by atoms with Gasteiger partial charge in [0.2, 0.25) is 5.91 Å². The molecule has 2 N–H and O–H groups in total. The number of esters is 1. The van der Waals surface area contributed by atoms with E-state index in [2.05, 4.69) is 16.9 Å². The second kappa shape index (κ2) is 15.5. The van der Waals surface area contributed by atoms with Crippen molar-refractivity contribution in [3.05, 3.63) is 66.0 Å². The fourth-order valence-corrected chi connectivity index (χ4v) is 7.57. The third kappa shape index (κ3) is 9.25. The zero-order chi connectivity index (χ0) is 32.6. The van der Waals surface area contributed by atoms with Crippen LogP contribution >= 0.6 is 0 Å². The Morgan fingerprint density at radius 1 is 1.23 bits per heavy atom. The van der Waals surface area contributed by atoms with E-state index in [1.807, 2.05) is 20.8 Å². The number of amides is 2. The number of aliphatic hydroxyl groups is 1. The molecule has 0 radical (unpaired) electrons. The average molecular weight is 632 g/mol. The van der Waals surface area contributed by atoms with Crippen molar-refractivity contribution in [2.75, 3.05) is 18.8 Å². The first-order chi connectivity index (χ1) is 20.7. The largest absolute Gasteiger partial charge is 0.460 e. The minimum absolute atomic E-state index is 0.0228. The second-order valence-electron chi connectivity index (χ2n) is 11.9. The number of ether oxygens (including phenoxy) is 1. The molecule has 0 saturated carbocycles. The second-order valence-corrected chi connectivity index (χ2v) is 14.2. The summed E-state index contributed by atoms with van der Waals surface area (Å²) in [6.07, 6.45) is 8.74. The maximum absolute atomic E-state index is 13.8. The van der Waals surface area contributed by atoms with Gasteiger partial charge in [0, 0.05) is 25.4 Å². The van der Waals surface area contributed by atoms with Crippen molar-refractivity contribution in [1.29, 1.82) is 0 Å². The van der Waals surface area contributed by atoms with Crippen LogP contribution in [-0.4, -0.2) is 83.5 Å². The number of fused-ring (bicyclic) bond motifs is 3. The predicted molar refractivity (Wildman–Crippen MR) is 166 cm³/mol. The Kier molecular flexibility index (Phi) is 12.3. The van der Waals surface area contributed by atoms with Gasteiger partial charge in [-0.05, 0) is 38.2 Å². The Morgan fingerprint density at radius 2 is 1.95 bits per heavy atom. The van der Waals surface area contributed by atoms with Crippen molar-refractivity contribution in [3.8, 4) is 0 Å². The van der Waals surface area contributed by atoms with Gasteiger partial charge in [-0.2, -0.15) is 0 Å². The molecule has 1 aromatic rings. The Hall–Kier alpha value is -3.51. The van der Waals surface area contributed by atoms with E-state index in [-0.39, 0.29) is 61.5 Å². The third-order valence-electron chi connectivity index (χ3n) is 7.67. The molecule has 3 rings (SSSR count). The number of aromatic nitrogens is 1. The summed E-state index contributed by atoms with van der Waals surface area (Å²) in [5.41, 5.74) is 1.35. The molecule has 2 bridgehead atoms. The van der Waals surface area contributed by atoms with Gasteiger partial charge in [-0.15, -0.1) is 0 Å². The first-order valence-electron chi connectivity index (χ1n) is 15.1. The standard InChI is InChI=1S/C32H45N3O8S/c1-7-15-44(40,41)26-12-14-35-29(26)32(39)43-30(20(2)3)23(6)10-11-27(37)33-13-8-9-21(4)16-24(36)17-22(5)18-28-34-25(19-42-28)31(35)38/h8-11,16,19-20,23-24,26,29-30,36H,5,7,12-15,17-18H2,1-4,6H3,(H,33,37)/b9-8+,11-10+,21-16+/t23-,24-,26-,29-,30-/m1/s1. The molecule has 1 saturated heterocycles. The normalized spacial score (nSPS) is 29.4. The van der Waals surface area contributed by atoms with E-state index < -0.39 is 51.1 Å². The average Bonchev–Trinajstić information content (AvgIpc) is 3.59. The van der Waals surface area contributed by atoms with Crippen LogP contribution in [0.4, 0.5) is 0 Å². The minimum atomic E-state index is -3.73. The number of carbonyl (C=O) groups is 3. The van der Waals surface area contributed by atoms with Gasteiger partial charge >= 0.3 is 5.97 Å². The van der Waals surface area contributed by atoms with Crippen LogP contribution in [-0.2, 0) is 30.6 Å². The first-order valence-corrected chi connectivity index (χ1v) is 16.8. The van der Waals surface area contributed by atoms with Crippen molar-refractivity contribution < 1.29 is 37.1 Å². The molecule has 11 nitrogen and oxygen atoms in total. The van der Waals surface area contributed by atoms with Crippen molar-refractivity contribution in [1.82, 2.24) is 15.2 Å². The zero-order valence-corrected chi connectivity index (χ0v) is 27.0. The van der Waals surface area contributed by atoms with Crippen LogP contribution in [0.5, 0.6) is 0 Å². The molecule has 0 aromatic carbocycles. The molecule has 3 heterocycles. The zero-order valence-electron chi connectivity index (χ0n) is 26.2. The molecule has 44 heavy (non-hydrogen) atoms. The van der Waals surface area contributed by atoms with Gasteiger partial charge in [0.15, 0.2) is 21.4 Å². The van der Waals surface area contributed by atoms with Gasteiger partial charge in [0.1, 0.15) is 18.4 Å². The Bertz CT molecular complexity index is 1410. The maximum Gasteiger partial charge on any atom is 0.330 e. The van der Waals surface area contributed by atoms with Crippen LogP contribution < -0.4 is 5.32 Å². The van der Waals surface area contributed by atoms with E-state index in [4.69, 9.17) is 9.15 Å². The van der Waals surface area contributed by atoms with E-state index in [1.165, 1.54) is 17.2 Å². The number of hydrogen-bond donors (Lipinski definition) is 2. The third-order valence-corrected chi connectivity index (χ3v) is 10.1. The minimum Gasteiger partial charge on any atom is -0.460 e. The number of nitrogens with one attached hydrogen (secondary N) is 1. The molecule has 242 valence electrons. The van der Waals surface area contributed by atoms with Crippen molar-refractivity contribution >= 4 is 27.6 Å². The van der Waals surface area contributed by atoms with Crippen molar-refractivity contribution in [3.63, 3.8) is 0 Å². The lowest BCUT2D eigenvalue weighted by atomic mass is 9.94. The number of hydrogen-bond acceptors (Lipinski definition) is 9. The highest BCUT2D eigenvalue weighted by atomic mass is 32.2. The van der Waals surface area contributed by atoms with E-state index in [1.54, 1.807) is 38.2 Å². The molecule has 0 unspecified atom stereocenters. The molecule has 1 aromatic heterocycles. The van der Waals surface area contributed by atoms with E-state index >= 15 is 0 Å². The lowest BCUT2D eigenvalue weighted by molar-refractivity contribution is -0.157. The lowest BCUT2D eigenvalue weighted by Crippen LogP contribution is -2.50. The van der Waals surface area contributed by atoms with Gasteiger partial charge in [0.05, 0.1) is 17.1 Å². The summed E-state index contributed by atoms with van der Waals surface area (Å²) in [7, 11) is -3.73. The first kappa shape index (κ1) is 35.0. The SMILES string of the molecule is C=C1Cc2nc(co2)C(=O)N2CC[C@@H](S(=O)(=O)CCC)[C@@H]2C(=O)O[C@H](C(C)C)[C@H](C)/C=C/C(=O)NC/C=C/C(C)=C/[C@@H](O)C1. The topological polar surface area (TPSA) is 156 Å². The molecule has 0 aliphatic carbocycles. The van der Waals surface area contributed by atoms with Gasteiger partial charge in [-0.25, -0.2) is 18.2 Å². The van der Waals surface area contributed by atoms with E-state index in [0.717, 1.165) is 5.57 Å². The molecule has 12 heteroatoms. The molecule has 1 fully saturated rings. The fourth-order valence-electron chi connectivity index (χ4n) is 5.59. The maximum atomic E-state index is 13.8. The molecular weight excluding hydrogens is 586 g/mol. The Morgan fingerprint density at radius 3 is 2.64 bits per heavy atom. The van der Waals surface area contributed by atoms with Gasteiger partial charge in [-0.3, -0.25) is 9.59 Å². The van der Waals surface area contributed by atoms with E-state index in [0.29, 0.717) is 12.0 Å². The number of rotatable bonds is 4. The van der Waals surface area contributed by atoms with Crippen molar-refractivity contribution in [2.24, 2.45) is 11.8 Å². The van der Waals surface area contributed by atoms with Crippen LogP contribution in [0.15, 0.2) is 58.8 Å². The number of carbonyl (C=O) groups excluding carboxylic acids is 3. The predicted octanol–water partition coefficient (Wildman–Crippen LogP) is 3.32. The summed E-state index contributed by atoms with van der Waals surface area (Å²) in [5.74, 6) is -2.29. The summed E-state index contributed by atoms with van der Waals surface area (Å²) in [6.45, 7) is 13.4. The van der Waals surface area contributed by atoms with Gasteiger partial charge < -0.3 is 24.5 Å². The molecule has 2 amide bonds. The number of oxazole rings is 1. The summed E-state index contributed by atoms with van der Waals surface area (Å²) in [6, 6.07) is -1.37. The highest BCUT2D eigenvalue weighted by molar-refractivity contribution is 7.92. The van der Waals surface area contributed by atoms with Gasteiger partial charge in [0.25, 0.3) is 5.91 Å². The molecule has 0 spiro atoms. The van der Waals surface area contributed by atoms with Crippen LogP contribution in [0.1, 0.15) is 70.3 Å². The highest BCUT2D eigenvalue weighted by Crippen LogP contribution is 2.30. The smallest absolute Gasteiger partial charge is 0.330 e. The molecule has 2 aliphatic heterocycles. The Balaban J connectivity index is 2.00. The number of sulfone groups is 1. The fraction of sp³-hybridized carbons (Fsp3) is 0.562. The number of nitrogens with zero attached hydrogens (tertiary/aromatic N) is 2. The number of aliphatic hydroxyl groups excluding tert-OH is 1. The summed E-state index contributed by atoms with van der Waals surface area (Å²) in [4.78, 5) is 45.4. The summed E-state index contributed by atoms with van der Waals surface area (Å²) < 4.78 is 38.0. The van der Waals surface area contributed by atoms with Crippen LogP contribution in [0.2, 0.25) is 0 Å². The molecule has 5 atom stereocenters. The summed E-state index contributed by atoms with van der Waals surface area (Å²) in [5, 5.41) is 12.1. The highest BCUT2D eigenvalue weighted by Gasteiger charge is 2.50. The lowest BCUT2D eigenvalue weighted by Gasteiger charge is -2.31. The molecular formula is C32H45N3O8S. The number of cyclic esters (lactones) is 1. The molecule has 2 aliphatic rings. The van der Waals surface area contributed by atoms with Crippen molar-refractivity contribution in [2.45, 2.75) is 83.8 Å². The van der Waals surface area contributed by atoms with Crippen LogP contribution in [0.25, 0.3) is 0 Å². The quantitative estimate of drug-likeness (QED) is 0.376. The number of allylic oxidation sites excluding steroid dienone is 2. The van der Waals surface area contributed by atoms with Gasteiger partial charge in [-0.1, -0.05) is 69.7 Å². The van der Waals surface area contributed by atoms with Crippen LogP contribution in [0, 0.1) is 11.8 Å². The Labute approximate surface area is 260 Å². The summed E-state index contributed by atoms with van der Waals surface area (Å²) >= 11 is 0. The van der Waals surface area contributed by atoms with E-state index in [9.17, 15) is 27.9 Å².